The number of sulfonamides is 1. The molecule has 1 heterocycles. The van der Waals surface area contributed by atoms with Gasteiger partial charge in [-0.25, -0.2) is 12.8 Å². The van der Waals surface area contributed by atoms with Gasteiger partial charge in [0.25, 0.3) is 0 Å². The Bertz CT molecular complexity index is 625. The Hall–Kier alpha value is -1.63. The van der Waals surface area contributed by atoms with E-state index in [4.69, 9.17) is 0 Å². The first-order valence-electron chi connectivity index (χ1n) is 7.38. The molecule has 1 saturated heterocycles. The molecular formula is C15H21FN2O3S. The van der Waals surface area contributed by atoms with Crippen LogP contribution in [0.15, 0.2) is 24.3 Å². The molecule has 0 spiro atoms. The number of anilines is 1. The lowest BCUT2D eigenvalue weighted by Gasteiger charge is -2.32. The van der Waals surface area contributed by atoms with Crippen LogP contribution in [-0.4, -0.2) is 44.6 Å². The van der Waals surface area contributed by atoms with Gasteiger partial charge in [0.15, 0.2) is 0 Å². The SMILES string of the molecule is CC[C@@H](C(=O)N1CCCC1)N(c1ccc(F)cc1)S(C)(=O)=O. The van der Waals surface area contributed by atoms with Crippen LogP contribution in [0.4, 0.5) is 10.1 Å². The third-order valence-electron chi connectivity index (χ3n) is 3.81. The third-order valence-corrected chi connectivity index (χ3v) is 4.99. The van der Waals surface area contributed by atoms with Gasteiger partial charge in [-0.15, -0.1) is 0 Å². The van der Waals surface area contributed by atoms with Gasteiger partial charge >= 0.3 is 0 Å². The summed E-state index contributed by atoms with van der Waals surface area (Å²) in [5, 5.41) is 0. The number of carbonyl (C=O) groups is 1. The zero-order valence-corrected chi connectivity index (χ0v) is 13.6. The van der Waals surface area contributed by atoms with Crippen LogP contribution in [0.3, 0.4) is 0 Å². The lowest BCUT2D eigenvalue weighted by Crippen LogP contribution is -2.50. The maximum Gasteiger partial charge on any atom is 0.246 e. The summed E-state index contributed by atoms with van der Waals surface area (Å²) in [6.45, 7) is 3.10. The zero-order chi connectivity index (χ0) is 16.3. The molecule has 0 saturated carbocycles. The summed E-state index contributed by atoms with van der Waals surface area (Å²) in [5.41, 5.74) is 0.309. The van der Waals surface area contributed by atoms with Crippen LogP contribution in [-0.2, 0) is 14.8 Å². The Morgan fingerprint density at radius 1 is 1.27 bits per heavy atom. The summed E-state index contributed by atoms with van der Waals surface area (Å²) in [6, 6.07) is 4.37. The fraction of sp³-hybridized carbons (Fsp3) is 0.533. The first kappa shape index (κ1) is 16.7. The van der Waals surface area contributed by atoms with Crippen molar-refractivity contribution in [3.8, 4) is 0 Å². The predicted molar refractivity (Wildman–Crippen MR) is 83.6 cm³/mol. The normalized spacial score (nSPS) is 16.6. The fourth-order valence-corrected chi connectivity index (χ4v) is 3.99. The Balaban J connectivity index is 2.38. The first-order chi connectivity index (χ1) is 10.3. The topological polar surface area (TPSA) is 57.7 Å². The van der Waals surface area contributed by atoms with Gasteiger partial charge in [0.05, 0.1) is 11.9 Å². The summed E-state index contributed by atoms with van der Waals surface area (Å²) >= 11 is 0. The highest BCUT2D eigenvalue weighted by Crippen LogP contribution is 2.24. The number of rotatable bonds is 5. The van der Waals surface area contributed by atoms with E-state index >= 15 is 0 Å². The number of hydrogen-bond donors (Lipinski definition) is 0. The first-order valence-corrected chi connectivity index (χ1v) is 9.23. The van der Waals surface area contributed by atoms with Crippen molar-refractivity contribution in [1.82, 2.24) is 4.90 Å². The summed E-state index contributed by atoms with van der Waals surface area (Å²) < 4.78 is 38.6. The third kappa shape index (κ3) is 3.58. The van der Waals surface area contributed by atoms with Crippen molar-refractivity contribution in [2.45, 2.75) is 32.2 Å². The van der Waals surface area contributed by atoms with Crippen LogP contribution in [0.1, 0.15) is 26.2 Å². The molecule has 0 aliphatic carbocycles. The molecule has 1 aliphatic heterocycles. The van der Waals surface area contributed by atoms with Gasteiger partial charge in [-0.1, -0.05) is 6.92 Å². The highest BCUT2D eigenvalue weighted by molar-refractivity contribution is 7.92. The molecule has 0 radical (unpaired) electrons. The van der Waals surface area contributed by atoms with Gasteiger partial charge in [0, 0.05) is 13.1 Å². The molecular weight excluding hydrogens is 307 g/mol. The number of benzene rings is 1. The molecule has 5 nitrogen and oxygen atoms in total. The van der Waals surface area contributed by atoms with E-state index in [0.29, 0.717) is 25.2 Å². The van der Waals surface area contributed by atoms with Crippen molar-refractivity contribution < 1.29 is 17.6 Å². The van der Waals surface area contributed by atoms with E-state index in [2.05, 4.69) is 0 Å². The van der Waals surface area contributed by atoms with Crippen molar-refractivity contribution in [1.29, 1.82) is 0 Å². The zero-order valence-electron chi connectivity index (χ0n) is 12.8. The minimum Gasteiger partial charge on any atom is -0.341 e. The fourth-order valence-electron chi connectivity index (χ4n) is 2.78. The molecule has 0 N–H and O–H groups in total. The van der Waals surface area contributed by atoms with Crippen LogP contribution in [0.5, 0.6) is 0 Å². The van der Waals surface area contributed by atoms with Crippen LogP contribution >= 0.6 is 0 Å². The quantitative estimate of drug-likeness (QED) is 0.830. The molecule has 22 heavy (non-hydrogen) atoms. The monoisotopic (exact) mass is 328 g/mol. The standard InChI is InChI=1S/C15H21FN2O3S/c1-3-14(15(19)17-10-4-5-11-17)18(22(2,20)21)13-8-6-12(16)7-9-13/h6-9,14H,3-5,10-11H2,1-2H3/t14-/m0/s1. The van der Waals surface area contributed by atoms with E-state index in [-0.39, 0.29) is 5.91 Å². The second-order valence-electron chi connectivity index (χ2n) is 5.49. The van der Waals surface area contributed by atoms with E-state index in [1.54, 1.807) is 11.8 Å². The Kier molecular flexibility index (Phi) is 5.05. The maximum absolute atomic E-state index is 13.1. The number of amides is 1. The smallest absolute Gasteiger partial charge is 0.246 e. The minimum absolute atomic E-state index is 0.185. The van der Waals surface area contributed by atoms with Gasteiger partial charge in [-0.3, -0.25) is 9.10 Å². The molecule has 1 aliphatic rings. The molecule has 1 amide bonds. The second kappa shape index (κ2) is 6.64. The molecule has 1 aromatic rings. The largest absolute Gasteiger partial charge is 0.341 e. The predicted octanol–water partition coefficient (Wildman–Crippen LogP) is 1.99. The summed E-state index contributed by atoms with van der Waals surface area (Å²) in [6.07, 6.45) is 3.31. The Morgan fingerprint density at radius 2 is 1.82 bits per heavy atom. The lowest BCUT2D eigenvalue weighted by molar-refractivity contribution is -0.131. The molecule has 0 aromatic heterocycles. The molecule has 1 aromatic carbocycles. The molecule has 0 bridgehead atoms. The molecule has 122 valence electrons. The van der Waals surface area contributed by atoms with Gasteiger partial charge in [-0.2, -0.15) is 0 Å². The molecule has 1 atom stereocenters. The van der Waals surface area contributed by atoms with Crippen LogP contribution in [0.2, 0.25) is 0 Å². The van der Waals surface area contributed by atoms with E-state index in [1.807, 2.05) is 0 Å². The summed E-state index contributed by atoms with van der Waals surface area (Å²) in [7, 11) is -3.65. The van der Waals surface area contributed by atoms with Crippen molar-refractivity contribution in [2.24, 2.45) is 0 Å². The van der Waals surface area contributed by atoms with Crippen LogP contribution in [0.25, 0.3) is 0 Å². The summed E-state index contributed by atoms with van der Waals surface area (Å²) in [5.74, 6) is -0.633. The van der Waals surface area contributed by atoms with Crippen molar-refractivity contribution >= 4 is 21.6 Å². The van der Waals surface area contributed by atoms with Crippen molar-refractivity contribution in [3.63, 3.8) is 0 Å². The van der Waals surface area contributed by atoms with E-state index in [0.717, 1.165) is 23.4 Å². The molecule has 2 rings (SSSR count). The lowest BCUT2D eigenvalue weighted by atomic mass is 10.1. The average Bonchev–Trinajstić information content (AvgIpc) is 2.98. The Morgan fingerprint density at radius 3 is 2.27 bits per heavy atom. The van der Waals surface area contributed by atoms with Gasteiger partial charge in [0.2, 0.25) is 15.9 Å². The molecule has 7 heteroatoms. The van der Waals surface area contributed by atoms with Crippen molar-refractivity contribution in [2.75, 3.05) is 23.7 Å². The Labute approximate surface area is 130 Å². The van der Waals surface area contributed by atoms with E-state index in [9.17, 15) is 17.6 Å². The number of halogens is 1. The van der Waals surface area contributed by atoms with E-state index in [1.165, 1.54) is 24.3 Å². The van der Waals surface area contributed by atoms with E-state index < -0.39 is 21.9 Å². The van der Waals surface area contributed by atoms with Gasteiger partial charge in [0.1, 0.15) is 11.9 Å². The average molecular weight is 328 g/mol. The van der Waals surface area contributed by atoms with Crippen molar-refractivity contribution in [3.05, 3.63) is 30.1 Å². The van der Waals surface area contributed by atoms with Gasteiger partial charge < -0.3 is 4.90 Å². The molecule has 1 fully saturated rings. The van der Waals surface area contributed by atoms with Crippen LogP contribution in [0, 0.1) is 5.82 Å². The molecule has 0 unspecified atom stereocenters. The number of carbonyl (C=O) groups excluding carboxylic acids is 1. The van der Waals surface area contributed by atoms with Crippen LogP contribution < -0.4 is 4.31 Å². The van der Waals surface area contributed by atoms with Gasteiger partial charge in [-0.05, 0) is 43.5 Å². The number of hydrogen-bond acceptors (Lipinski definition) is 3. The highest BCUT2D eigenvalue weighted by atomic mass is 32.2. The second-order valence-corrected chi connectivity index (χ2v) is 7.35. The summed E-state index contributed by atoms with van der Waals surface area (Å²) in [4.78, 5) is 14.4. The number of likely N-dealkylation sites (tertiary alicyclic amines) is 1. The minimum atomic E-state index is -3.65. The maximum atomic E-state index is 13.1. The highest BCUT2D eigenvalue weighted by Gasteiger charge is 2.34. The number of nitrogens with zero attached hydrogens (tertiary/aromatic N) is 2.